The maximum Gasteiger partial charge on any atom is 0.259 e. The summed E-state index contributed by atoms with van der Waals surface area (Å²) < 4.78 is 40.3. The Morgan fingerprint density at radius 3 is 2.55 bits per heavy atom. The lowest BCUT2D eigenvalue weighted by Gasteiger charge is -2.36. The van der Waals surface area contributed by atoms with Crippen LogP contribution in [0.2, 0.25) is 0 Å². The molecule has 58 heavy (non-hydrogen) atoms. The highest BCUT2D eigenvalue weighted by molar-refractivity contribution is 7.91. The van der Waals surface area contributed by atoms with E-state index in [1.54, 1.807) is 6.20 Å². The van der Waals surface area contributed by atoms with E-state index in [4.69, 9.17) is 14.5 Å². The highest BCUT2D eigenvalue weighted by Crippen LogP contribution is 2.46. The van der Waals surface area contributed by atoms with Gasteiger partial charge in [0.1, 0.15) is 23.4 Å². The van der Waals surface area contributed by atoms with Crippen molar-refractivity contribution in [1.29, 1.82) is 0 Å². The van der Waals surface area contributed by atoms with Gasteiger partial charge in [0.15, 0.2) is 0 Å². The number of nitrogens with zero attached hydrogens (tertiary/aromatic N) is 4. The van der Waals surface area contributed by atoms with Crippen LogP contribution in [0.5, 0.6) is 11.6 Å². The van der Waals surface area contributed by atoms with Crippen LogP contribution < -0.4 is 19.5 Å². The van der Waals surface area contributed by atoms with E-state index >= 15 is 0 Å². The normalized spacial score (nSPS) is 24.7. The Morgan fingerprint density at radius 1 is 1.10 bits per heavy atom. The quantitative estimate of drug-likeness (QED) is 0.251. The molecule has 5 aliphatic rings. The molecule has 2 saturated heterocycles. The molecule has 4 fully saturated rings. The molecule has 0 radical (unpaired) electrons. The van der Waals surface area contributed by atoms with Gasteiger partial charge in [-0.25, -0.2) is 13.4 Å². The van der Waals surface area contributed by atoms with Gasteiger partial charge in [0.25, 0.3) is 5.91 Å². The van der Waals surface area contributed by atoms with Crippen LogP contribution in [0.25, 0.3) is 22.2 Å². The van der Waals surface area contributed by atoms with Crippen LogP contribution in [0.1, 0.15) is 77.7 Å². The average Bonchev–Trinajstić information content (AvgIpc) is 4.09. The summed E-state index contributed by atoms with van der Waals surface area (Å²) in [5.74, 6) is -2.14. The number of hydrogen-bond acceptors (Lipinski definition) is 10. The standard InChI is InChI=1S/C43H52N6O8S/c1-5-26-24-43(26,41(53)47-58(54,55)28-12-13-28)46-39(51)34-21-27(25-49(34)40(52)32(42(2,3)4)23-37(50)48-18-9-6-10-19-48)57-36-22-31(33-11-7-8-17-44-33)29-14-15-35-30(16-20-56-35)38(29)45-36/h5,7-8,11,14-15,17,22,26-28,32,34H,1,6,9-10,12-13,16,18-21,23-25H2,2-4H3,(H,46,51)(H,47,53)/t26-,27+,32?,34-,43+/m0/s1. The molecule has 3 aliphatic heterocycles. The van der Waals surface area contributed by atoms with E-state index in [9.17, 15) is 27.6 Å². The summed E-state index contributed by atoms with van der Waals surface area (Å²) in [7, 11) is -3.90. The Hall–Kier alpha value is -5.05. The van der Waals surface area contributed by atoms with Gasteiger partial charge in [0, 0.05) is 67.0 Å². The molecule has 0 spiro atoms. The van der Waals surface area contributed by atoms with E-state index in [-0.39, 0.29) is 43.5 Å². The third-order valence-corrected chi connectivity index (χ3v) is 14.2. The van der Waals surface area contributed by atoms with Crippen molar-refractivity contribution in [3.8, 4) is 22.9 Å². The molecule has 5 atom stereocenters. The zero-order valence-corrected chi connectivity index (χ0v) is 34.2. The second-order valence-corrected chi connectivity index (χ2v) is 19.4. The molecule has 5 heterocycles. The Morgan fingerprint density at radius 2 is 1.88 bits per heavy atom. The number of benzene rings is 1. The number of likely N-dealkylation sites (tertiary alicyclic amines) is 2. The molecule has 2 aliphatic carbocycles. The minimum Gasteiger partial charge on any atom is -0.493 e. The van der Waals surface area contributed by atoms with Crippen LogP contribution in [0.4, 0.5) is 0 Å². The fraction of sp³-hybridized carbons (Fsp3) is 0.535. The third-order valence-electron chi connectivity index (χ3n) is 12.4. The molecule has 2 aromatic heterocycles. The summed E-state index contributed by atoms with van der Waals surface area (Å²) in [5.41, 5.74) is 1.01. The number of nitrogens with one attached hydrogen (secondary N) is 2. The second kappa shape index (κ2) is 15.3. The summed E-state index contributed by atoms with van der Waals surface area (Å²) >= 11 is 0. The summed E-state index contributed by atoms with van der Waals surface area (Å²) in [5, 5.41) is 3.11. The number of carbonyl (C=O) groups excluding carboxylic acids is 4. The molecule has 2 saturated carbocycles. The maximum atomic E-state index is 14.9. The molecule has 0 bridgehead atoms. The van der Waals surface area contributed by atoms with E-state index in [0.29, 0.717) is 39.0 Å². The van der Waals surface area contributed by atoms with Crippen LogP contribution >= 0.6 is 0 Å². The number of ether oxygens (including phenoxy) is 2. The predicted octanol–water partition coefficient (Wildman–Crippen LogP) is 4.31. The molecule has 2 N–H and O–H groups in total. The zero-order chi connectivity index (χ0) is 41.0. The van der Waals surface area contributed by atoms with Gasteiger partial charge in [0.2, 0.25) is 33.6 Å². The fourth-order valence-corrected chi connectivity index (χ4v) is 10.1. The van der Waals surface area contributed by atoms with Crippen molar-refractivity contribution in [2.75, 3.05) is 26.2 Å². The van der Waals surface area contributed by atoms with E-state index < -0.39 is 62.0 Å². The highest BCUT2D eigenvalue weighted by atomic mass is 32.2. The molecule has 4 amide bonds. The minimum atomic E-state index is -3.90. The van der Waals surface area contributed by atoms with Crippen molar-refractivity contribution in [3.63, 3.8) is 0 Å². The largest absolute Gasteiger partial charge is 0.493 e. The average molecular weight is 813 g/mol. The summed E-state index contributed by atoms with van der Waals surface area (Å²) in [6.07, 6.45) is 7.23. The second-order valence-electron chi connectivity index (χ2n) is 17.5. The lowest BCUT2D eigenvalue weighted by Crippen LogP contribution is -2.57. The number of hydrogen-bond donors (Lipinski definition) is 2. The van der Waals surface area contributed by atoms with Crippen LogP contribution in [-0.4, -0.2) is 101 Å². The van der Waals surface area contributed by atoms with Crippen molar-refractivity contribution in [3.05, 3.63) is 60.8 Å². The summed E-state index contributed by atoms with van der Waals surface area (Å²) in [4.78, 5) is 69.6. The molecule has 308 valence electrons. The molecular weight excluding hydrogens is 761 g/mol. The number of pyridine rings is 2. The Bertz CT molecular complexity index is 2250. The monoisotopic (exact) mass is 812 g/mol. The van der Waals surface area contributed by atoms with Gasteiger partial charge < -0.3 is 24.6 Å². The zero-order valence-electron chi connectivity index (χ0n) is 33.4. The van der Waals surface area contributed by atoms with Gasteiger partial charge in [-0.3, -0.25) is 28.9 Å². The molecule has 1 unspecified atom stereocenters. The minimum absolute atomic E-state index is 0.0101. The summed E-state index contributed by atoms with van der Waals surface area (Å²) in [6, 6.07) is 10.3. The first kappa shape index (κ1) is 39.8. The SMILES string of the molecule is C=C[C@H]1C[C@]1(NC(=O)[C@@H]1C[C@@H](Oc2cc(-c3ccccn3)c3ccc4c(c3n2)CCO4)CN1C(=O)C(CC(=O)N1CCCCC1)C(C)(C)C)C(=O)NS(=O)(=O)C1CC1. The van der Waals surface area contributed by atoms with E-state index in [1.807, 2.05) is 62.1 Å². The predicted molar refractivity (Wildman–Crippen MR) is 216 cm³/mol. The molecule has 3 aromatic rings. The van der Waals surface area contributed by atoms with Gasteiger partial charge in [-0.05, 0) is 68.2 Å². The fourth-order valence-electron chi connectivity index (χ4n) is 8.72. The van der Waals surface area contributed by atoms with E-state index in [1.165, 1.54) is 11.0 Å². The van der Waals surface area contributed by atoms with Crippen LogP contribution in [0, 0.1) is 17.3 Å². The Balaban J connectivity index is 1.11. The number of fused-ring (bicyclic) bond motifs is 3. The molecule has 15 heteroatoms. The van der Waals surface area contributed by atoms with Crippen LogP contribution in [0.3, 0.4) is 0 Å². The third kappa shape index (κ3) is 7.76. The summed E-state index contributed by atoms with van der Waals surface area (Å²) in [6.45, 7) is 11.4. The maximum absolute atomic E-state index is 14.9. The first-order valence-electron chi connectivity index (χ1n) is 20.4. The van der Waals surface area contributed by atoms with Crippen LogP contribution in [-0.2, 0) is 35.6 Å². The number of carbonyl (C=O) groups is 4. The van der Waals surface area contributed by atoms with Gasteiger partial charge in [0.05, 0.1) is 35.5 Å². The van der Waals surface area contributed by atoms with Crippen molar-refractivity contribution in [2.45, 2.75) is 101 Å². The van der Waals surface area contributed by atoms with Crippen molar-refractivity contribution in [2.24, 2.45) is 17.3 Å². The first-order chi connectivity index (χ1) is 27.7. The Kier molecular flexibility index (Phi) is 10.5. The topological polar surface area (TPSA) is 177 Å². The number of amides is 4. The molecule has 8 rings (SSSR count). The van der Waals surface area contributed by atoms with Gasteiger partial charge in [-0.15, -0.1) is 6.58 Å². The molecule has 1 aromatic carbocycles. The molecule has 14 nitrogen and oxygen atoms in total. The lowest BCUT2D eigenvalue weighted by atomic mass is 9.77. The van der Waals surface area contributed by atoms with Gasteiger partial charge >= 0.3 is 0 Å². The van der Waals surface area contributed by atoms with Crippen molar-refractivity contribution in [1.82, 2.24) is 29.8 Å². The highest BCUT2D eigenvalue weighted by Gasteiger charge is 2.62. The van der Waals surface area contributed by atoms with Crippen LogP contribution in [0.15, 0.2) is 55.3 Å². The first-order valence-corrected chi connectivity index (χ1v) is 22.0. The van der Waals surface area contributed by atoms with Gasteiger partial charge in [-0.2, -0.15) is 0 Å². The van der Waals surface area contributed by atoms with E-state index in [2.05, 4.69) is 21.6 Å². The number of piperidine rings is 1. The molecular formula is C43H52N6O8S. The number of sulfonamides is 1. The van der Waals surface area contributed by atoms with Crippen molar-refractivity contribution >= 4 is 44.6 Å². The number of aromatic nitrogens is 2. The van der Waals surface area contributed by atoms with Gasteiger partial charge in [-0.1, -0.05) is 32.9 Å². The Labute approximate surface area is 339 Å². The van der Waals surface area contributed by atoms with Crippen molar-refractivity contribution < 1.29 is 37.1 Å². The smallest absolute Gasteiger partial charge is 0.259 e. The number of rotatable bonds is 12. The lowest BCUT2D eigenvalue weighted by molar-refractivity contribution is -0.148. The van der Waals surface area contributed by atoms with E-state index in [0.717, 1.165) is 52.7 Å².